The molecule has 0 radical (unpaired) electrons. The number of unbranched alkanes of at least 4 members (excludes halogenated alkanes) is 2. The van der Waals surface area contributed by atoms with E-state index < -0.39 is 0 Å². The summed E-state index contributed by atoms with van der Waals surface area (Å²) in [5.74, 6) is 6.85. The van der Waals surface area contributed by atoms with Crippen molar-refractivity contribution in [1.29, 1.82) is 0 Å². The van der Waals surface area contributed by atoms with Crippen molar-refractivity contribution in [3.8, 4) is 0 Å². The zero-order valence-corrected chi connectivity index (χ0v) is 11.7. The fraction of sp³-hybridized carbons (Fsp3) is 0.692. The molecule has 3 N–H and O–H groups in total. The summed E-state index contributed by atoms with van der Waals surface area (Å²) >= 11 is 0. The van der Waals surface area contributed by atoms with Gasteiger partial charge in [-0.2, -0.15) is 4.98 Å². The molecule has 0 aliphatic rings. The second kappa shape index (κ2) is 7.87. The molecule has 102 valence electrons. The number of aryl methyl sites for hydroxylation is 1. The first kappa shape index (κ1) is 14.7. The van der Waals surface area contributed by atoms with Gasteiger partial charge in [0.1, 0.15) is 5.82 Å². The summed E-state index contributed by atoms with van der Waals surface area (Å²) in [5.41, 5.74) is 3.46. The van der Waals surface area contributed by atoms with Crippen LogP contribution in [0.5, 0.6) is 0 Å². The maximum atomic E-state index is 5.39. The summed E-state index contributed by atoms with van der Waals surface area (Å²) in [6, 6.07) is 2.02. The number of anilines is 2. The lowest BCUT2D eigenvalue weighted by molar-refractivity contribution is 0.670. The normalized spacial score (nSPS) is 10.4. The van der Waals surface area contributed by atoms with Crippen LogP contribution in [0.25, 0.3) is 0 Å². The molecule has 1 aromatic heterocycles. The van der Waals surface area contributed by atoms with E-state index in [-0.39, 0.29) is 0 Å². The van der Waals surface area contributed by atoms with Crippen LogP contribution in [0.15, 0.2) is 6.07 Å². The van der Waals surface area contributed by atoms with E-state index in [1.54, 1.807) is 0 Å². The summed E-state index contributed by atoms with van der Waals surface area (Å²) in [7, 11) is 0. The smallest absolute Gasteiger partial charge is 0.239 e. The van der Waals surface area contributed by atoms with Gasteiger partial charge in [-0.05, 0) is 19.8 Å². The van der Waals surface area contributed by atoms with Crippen LogP contribution in [0.2, 0.25) is 0 Å². The second-order valence-corrected chi connectivity index (χ2v) is 4.53. The van der Waals surface area contributed by atoms with E-state index in [0.29, 0.717) is 5.95 Å². The van der Waals surface area contributed by atoms with Gasteiger partial charge < -0.3 is 4.90 Å². The lowest BCUT2D eigenvalue weighted by Crippen LogP contribution is -2.27. The van der Waals surface area contributed by atoms with E-state index >= 15 is 0 Å². The number of hydrogen-bond acceptors (Lipinski definition) is 5. The second-order valence-electron chi connectivity index (χ2n) is 4.53. The minimum atomic E-state index is 0.489. The summed E-state index contributed by atoms with van der Waals surface area (Å²) < 4.78 is 0. The average Bonchev–Trinajstić information content (AvgIpc) is 2.38. The van der Waals surface area contributed by atoms with Gasteiger partial charge >= 0.3 is 0 Å². The third kappa shape index (κ3) is 4.49. The number of nitrogens with one attached hydrogen (secondary N) is 1. The van der Waals surface area contributed by atoms with Crippen LogP contribution in [0.3, 0.4) is 0 Å². The third-order valence-corrected chi connectivity index (χ3v) is 2.86. The van der Waals surface area contributed by atoms with Gasteiger partial charge in [0.25, 0.3) is 0 Å². The standard InChI is InChI=1S/C13H25N5/c1-4-6-8-18(9-7-5-2)12-10-11(3)15-13(16-12)17-14/h10H,4-9,14H2,1-3H3,(H,15,16,17). The molecule has 0 aliphatic carbocycles. The first-order valence-electron chi connectivity index (χ1n) is 6.78. The molecule has 0 atom stereocenters. The number of hydrazine groups is 1. The van der Waals surface area contributed by atoms with Crippen molar-refractivity contribution in [2.24, 2.45) is 5.84 Å². The van der Waals surface area contributed by atoms with Crippen molar-refractivity contribution in [3.05, 3.63) is 11.8 Å². The summed E-state index contributed by atoms with van der Waals surface area (Å²) in [6.45, 7) is 8.45. The molecule has 1 heterocycles. The van der Waals surface area contributed by atoms with Crippen molar-refractivity contribution in [1.82, 2.24) is 9.97 Å². The zero-order valence-electron chi connectivity index (χ0n) is 11.7. The summed E-state index contributed by atoms with van der Waals surface area (Å²) in [5, 5.41) is 0. The first-order valence-corrected chi connectivity index (χ1v) is 6.78. The number of nitrogens with zero attached hydrogens (tertiary/aromatic N) is 3. The topological polar surface area (TPSA) is 67.1 Å². The van der Waals surface area contributed by atoms with Gasteiger partial charge in [-0.15, -0.1) is 0 Å². The highest BCUT2D eigenvalue weighted by Crippen LogP contribution is 2.16. The Morgan fingerprint density at radius 3 is 2.28 bits per heavy atom. The fourth-order valence-electron chi connectivity index (χ4n) is 1.82. The van der Waals surface area contributed by atoms with Gasteiger partial charge in [0.2, 0.25) is 5.95 Å². The molecule has 0 aliphatic heterocycles. The summed E-state index contributed by atoms with van der Waals surface area (Å²) in [6.07, 6.45) is 4.74. The monoisotopic (exact) mass is 251 g/mol. The van der Waals surface area contributed by atoms with Crippen LogP contribution in [-0.4, -0.2) is 23.1 Å². The van der Waals surface area contributed by atoms with Gasteiger partial charge in [0, 0.05) is 24.8 Å². The van der Waals surface area contributed by atoms with Gasteiger partial charge in [-0.25, -0.2) is 10.8 Å². The van der Waals surface area contributed by atoms with Crippen molar-refractivity contribution in [2.45, 2.75) is 46.5 Å². The van der Waals surface area contributed by atoms with E-state index in [1.165, 1.54) is 25.7 Å². The third-order valence-electron chi connectivity index (χ3n) is 2.86. The Morgan fingerprint density at radius 2 is 1.78 bits per heavy atom. The lowest BCUT2D eigenvalue weighted by atomic mass is 10.2. The Labute approximate surface area is 110 Å². The largest absolute Gasteiger partial charge is 0.356 e. The molecule has 5 heteroatoms. The van der Waals surface area contributed by atoms with E-state index in [0.717, 1.165) is 24.6 Å². The predicted octanol–water partition coefficient (Wildman–Crippen LogP) is 2.48. The van der Waals surface area contributed by atoms with Gasteiger partial charge in [0.05, 0.1) is 0 Å². The Hall–Kier alpha value is -1.36. The molecule has 0 aromatic carbocycles. The van der Waals surface area contributed by atoms with Crippen LogP contribution in [0.1, 0.15) is 45.2 Å². The molecule has 0 spiro atoms. The van der Waals surface area contributed by atoms with Crippen molar-refractivity contribution in [2.75, 3.05) is 23.4 Å². The van der Waals surface area contributed by atoms with Crippen molar-refractivity contribution >= 4 is 11.8 Å². The predicted molar refractivity (Wildman–Crippen MR) is 76.6 cm³/mol. The molecule has 1 aromatic rings. The Balaban J connectivity index is 2.84. The van der Waals surface area contributed by atoms with Gasteiger partial charge in [0.15, 0.2) is 0 Å². The maximum Gasteiger partial charge on any atom is 0.239 e. The molecular formula is C13H25N5. The molecule has 1 rings (SSSR count). The van der Waals surface area contributed by atoms with Crippen molar-refractivity contribution < 1.29 is 0 Å². The molecule has 0 bridgehead atoms. The molecule has 0 amide bonds. The summed E-state index contributed by atoms with van der Waals surface area (Å²) in [4.78, 5) is 11.0. The number of rotatable bonds is 8. The number of hydrogen-bond donors (Lipinski definition) is 2. The SMILES string of the molecule is CCCCN(CCCC)c1cc(C)nc(NN)n1. The molecular weight excluding hydrogens is 226 g/mol. The average molecular weight is 251 g/mol. The first-order chi connectivity index (χ1) is 8.71. The van der Waals surface area contributed by atoms with E-state index in [2.05, 4.69) is 34.1 Å². The van der Waals surface area contributed by atoms with Crippen molar-refractivity contribution in [3.63, 3.8) is 0 Å². The molecule has 0 fully saturated rings. The highest BCUT2D eigenvalue weighted by atomic mass is 15.3. The lowest BCUT2D eigenvalue weighted by Gasteiger charge is -2.24. The fourth-order valence-corrected chi connectivity index (χ4v) is 1.82. The van der Waals surface area contributed by atoms with Crippen LogP contribution < -0.4 is 16.2 Å². The Bertz CT molecular complexity index is 345. The van der Waals surface area contributed by atoms with Crippen LogP contribution in [0, 0.1) is 6.92 Å². The highest BCUT2D eigenvalue weighted by Gasteiger charge is 2.09. The van der Waals surface area contributed by atoms with E-state index in [9.17, 15) is 0 Å². The quantitative estimate of drug-likeness (QED) is 0.549. The molecule has 0 unspecified atom stereocenters. The number of nitrogen functional groups attached to an aromatic ring is 1. The minimum Gasteiger partial charge on any atom is -0.356 e. The molecule has 0 saturated carbocycles. The van der Waals surface area contributed by atoms with E-state index in [1.807, 2.05) is 13.0 Å². The van der Waals surface area contributed by atoms with Crippen LogP contribution in [-0.2, 0) is 0 Å². The zero-order chi connectivity index (χ0) is 13.4. The Kier molecular flexibility index (Phi) is 6.43. The van der Waals surface area contributed by atoms with E-state index in [4.69, 9.17) is 5.84 Å². The number of aromatic nitrogens is 2. The number of nitrogens with two attached hydrogens (primary N) is 1. The Morgan fingerprint density at radius 1 is 1.17 bits per heavy atom. The van der Waals surface area contributed by atoms with Gasteiger partial charge in [-0.1, -0.05) is 26.7 Å². The highest BCUT2D eigenvalue weighted by molar-refractivity contribution is 5.44. The molecule has 5 nitrogen and oxygen atoms in total. The molecule has 18 heavy (non-hydrogen) atoms. The molecule has 0 saturated heterocycles. The minimum absolute atomic E-state index is 0.489. The van der Waals surface area contributed by atoms with Crippen LogP contribution >= 0.6 is 0 Å². The maximum absolute atomic E-state index is 5.39. The van der Waals surface area contributed by atoms with Gasteiger partial charge in [-0.3, -0.25) is 5.43 Å². The van der Waals surface area contributed by atoms with Crippen LogP contribution in [0.4, 0.5) is 11.8 Å².